The van der Waals surface area contributed by atoms with Crippen LogP contribution in [0.25, 0.3) is 0 Å². The van der Waals surface area contributed by atoms with Gasteiger partial charge in [-0.25, -0.2) is 4.98 Å². The molecule has 2 aliphatic heterocycles. The molecule has 0 spiro atoms. The van der Waals surface area contributed by atoms with Gasteiger partial charge in [-0.2, -0.15) is 0 Å². The summed E-state index contributed by atoms with van der Waals surface area (Å²) in [4.78, 5) is 12.1. The molecule has 2 aliphatic rings. The summed E-state index contributed by atoms with van der Waals surface area (Å²) in [7, 11) is 2.22. The number of hydrogen-bond acceptors (Lipinski definition) is 4. The van der Waals surface area contributed by atoms with Gasteiger partial charge in [-0.3, -0.25) is 4.90 Å². The zero-order valence-corrected chi connectivity index (χ0v) is 12.0. The first-order valence-electron chi connectivity index (χ1n) is 7.33. The minimum atomic E-state index is 0.718. The smallest absolute Gasteiger partial charge is 0.131 e. The summed E-state index contributed by atoms with van der Waals surface area (Å²) >= 11 is 0. The molecule has 4 nitrogen and oxygen atoms in total. The van der Waals surface area contributed by atoms with Crippen LogP contribution in [-0.2, 0) is 0 Å². The predicted molar refractivity (Wildman–Crippen MR) is 78.7 cm³/mol. The predicted octanol–water partition coefficient (Wildman–Crippen LogP) is 1.22. The number of pyridine rings is 1. The molecule has 2 saturated heterocycles. The first kappa shape index (κ1) is 12.9. The Balaban J connectivity index is 1.63. The van der Waals surface area contributed by atoms with Crippen molar-refractivity contribution in [3.63, 3.8) is 0 Å². The van der Waals surface area contributed by atoms with E-state index in [4.69, 9.17) is 0 Å². The molecule has 3 heterocycles. The molecule has 104 valence electrons. The highest BCUT2D eigenvalue weighted by molar-refractivity contribution is 5.47. The van der Waals surface area contributed by atoms with Gasteiger partial charge in [0.1, 0.15) is 5.82 Å². The zero-order valence-electron chi connectivity index (χ0n) is 12.0. The Morgan fingerprint density at radius 2 is 1.95 bits per heavy atom. The van der Waals surface area contributed by atoms with Crippen molar-refractivity contribution in [3.05, 3.63) is 23.9 Å². The lowest BCUT2D eigenvalue weighted by Gasteiger charge is -2.36. The quantitative estimate of drug-likeness (QED) is 0.797. The molecule has 0 amide bonds. The highest BCUT2D eigenvalue weighted by Gasteiger charge is 2.30. The van der Waals surface area contributed by atoms with E-state index in [2.05, 4.69) is 39.7 Å². The van der Waals surface area contributed by atoms with Crippen molar-refractivity contribution in [2.24, 2.45) is 0 Å². The fourth-order valence-electron chi connectivity index (χ4n) is 3.23. The van der Waals surface area contributed by atoms with Crippen molar-refractivity contribution in [2.75, 3.05) is 51.2 Å². The Morgan fingerprint density at radius 3 is 2.68 bits per heavy atom. The second kappa shape index (κ2) is 5.47. The summed E-state index contributed by atoms with van der Waals surface area (Å²) in [6, 6.07) is 4.90. The van der Waals surface area contributed by atoms with Crippen LogP contribution < -0.4 is 4.90 Å². The van der Waals surface area contributed by atoms with Crippen LogP contribution in [-0.4, -0.2) is 67.1 Å². The number of aryl methyl sites for hydroxylation is 1. The van der Waals surface area contributed by atoms with Crippen molar-refractivity contribution in [2.45, 2.75) is 19.4 Å². The van der Waals surface area contributed by atoms with Gasteiger partial charge >= 0.3 is 0 Å². The lowest BCUT2D eigenvalue weighted by molar-refractivity contribution is 0.120. The van der Waals surface area contributed by atoms with Crippen LogP contribution in [0.15, 0.2) is 18.3 Å². The van der Waals surface area contributed by atoms with Gasteiger partial charge in [-0.15, -0.1) is 0 Å². The number of anilines is 1. The Labute approximate surface area is 116 Å². The maximum absolute atomic E-state index is 4.55. The summed E-state index contributed by atoms with van der Waals surface area (Å²) in [6.07, 6.45) is 3.19. The second-order valence-corrected chi connectivity index (χ2v) is 5.87. The average Bonchev–Trinajstić information content (AvgIpc) is 2.89. The fourth-order valence-corrected chi connectivity index (χ4v) is 3.23. The lowest BCUT2D eigenvalue weighted by atomic mass is 10.2. The molecule has 0 aromatic carbocycles. The molecule has 19 heavy (non-hydrogen) atoms. The number of likely N-dealkylation sites (N-methyl/N-ethyl adjacent to an activating group) is 1. The van der Waals surface area contributed by atoms with Gasteiger partial charge in [-0.1, -0.05) is 6.07 Å². The Bertz CT molecular complexity index is 426. The van der Waals surface area contributed by atoms with Crippen LogP contribution in [0, 0.1) is 6.92 Å². The molecule has 0 saturated carbocycles. The van der Waals surface area contributed by atoms with Crippen LogP contribution in [0.3, 0.4) is 0 Å². The van der Waals surface area contributed by atoms with Crippen molar-refractivity contribution in [1.82, 2.24) is 14.8 Å². The van der Waals surface area contributed by atoms with E-state index in [1.165, 1.54) is 44.0 Å². The van der Waals surface area contributed by atoms with Crippen LogP contribution in [0.5, 0.6) is 0 Å². The number of rotatable bonds is 2. The van der Waals surface area contributed by atoms with Crippen molar-refractivity contribution in [1.29, 1.82) is 0 Å². The van der Waals surface area contributed by atoms with E-state index in [0.29, 0.717) is 0 Å². The molecular formula is C15H24N4. The maximum Gasteiger partial charge on any atom is 0.131 e. The van der Waals surface area contributed by atoms with E-state index in [1.54, 1.807) is 0 Å². The summed E-state index contributed by atoms with van der Waals surface area (Å²) in [5.74, 6) is 1.18. The van der Waals surface area contributed by atoms with Crippen LogP contribution in [0.1, 0.15) is 12.0 Å². The van der Waals surface area contributed by atoms with Gasteiger partial charge in [0, 0.05) is 51.5 Å². The highest BCUT2D eigenvalue weighted by atomic mass is 15.3. The summed E-state index contributed by atoms with van der Waals surface area (Å²) in [5.41, 5.74) is 1.29. The van der Waals surface area contributed by atoms with Crippen LogP contribution in [0.2, 0.25) is 0 Å². The van der Waals surface area contributed by atoms with E-state index >= 15 is 0 Å². The first-order chi connectivity index (χ1) is 9.24. The fraction of sp³-hybridized carbons (Fsp3) is 0.667. The van der Waals surface area contributed by atoms with Crippen LogP contribution >= 0.6 is 0 Å². The molecule has 1 aromatic rings. The monoisotopic (exact) mass is 260 g/mol. The van der Waals surface area contributed by atoms with Crippen molar-refractivity contribution in [3.8, 4) is 0 Å². The van der Waals surface area contributed by atoms with Gasteiger partial charge in [0.25, 0.3) is 0 Å². The van der Waals surface area contributed by atoms with Gasteiger partial charge in [0.15, 0.2) is 0 Å². The molecule has 0 N–H and O–H groups in total. The largest absolute Gasteiger partial charge is 0.355 e. The Hall–Kier alpha value is -1.13. The molecule has 4 heteroatoms. The van der Waals surface area contributed by atoms with Gasteiger partial charge in [0.05, 0.1) is 0 Å². The number of hydrogen-bond donors (Lipinski definition) is 0. The van der Waals surface area contributed by atoms with Crippen molar-refractivity contribution < 1.29 is 0 Å². The molecule has 0 radical (unpaired) electrons. The minimum absolute atomic E-state index is 0.718. The first-order valence-corrected chi connectivity index (χ1v) is 7.33. The number of piperazine rings is 1. The second-order valence-electron chi connectivity index (χ2n) is 5.87. The van der Waals surface area contributed by atoms with E-state index in [0.717, 1.165) is 19.1 Å². The summed E-state index contributed by atoms with van der Waals surface area (Å²) in [6.45, 7) is 9.30. The molecule has 1 unspecified atom stereocenters. The molecule has 0 bridgehead atoms. The minimum Gasteiger partial charge on any atom is -0.355 e. The SMILES string of the molecule is Cc1cccnc1N1CCC(N2CCN(C)CC2)C1. The number of aromatic nitrogens is 1. The summed E-state index contributed by atoms with van der Waals surface area (Å²) in [5, 5.41) is 0. The molecule has 0 aliphatic carbocycles. The molecule has 3 rings (SSSR count). The lowest BCUT2D eigenvalue weighted by Crippen LogP contribution is -2.49. The average molecular weight is 260 g/mol. The standard InChI is InChI=1S/C15H24N4/c1-13-4-3-6-16-15(13)19-7-5-14(12-19)18-10-8-17(2)9-11-18/h3-4,6,14H,5,7-12H2,1-2H3. The summed E-state index contributed by atoms with van der Waals surface area (Å²) < 4.78 is 0. The topological polar surface area (TPSA) is 22.6 Å². The Kier molecular flexibility index (Phi) is 3.71. The third-order valence-electron chi connectivity index (χ3n) is 4.50. The maximum atomic E-state index is 4.55. The third kappa shape index (κ3) is 2.74. The molecule has 1 aromatic heterocycles. The molecular weight excluding hydrogens is 236 g/mol. The van der Waals surface area contributed by atoms with E-state index in [9.17, 15) is 0 Å². The zero-order chi connectivity index (χ0) is 13.2. The van der Waals surface area contributed by atoms with E-state index in [1.807, 2.05) is 12.3 Å². The Morgan fingerprint density at radius 1 is 1.16 bits per heavy atom. The van der Waals surface area contributed by atoms with Crippen LogP contribution in [0.4, 0.5) is 5.82 Å². The van der Waals surface area contributed by atoms with E-state index in [-0.39, 0.29) is 0 Å². The van der Waals surface area contributed by atoms with Gasteiger partial charge < -0.3 is 9.80 Å². The third-order valence-corrected chi connectivity index (χ3v) is 4.50. The molecule has 2 fully saturated rings. The van der Waals surface area contributed by atoms with Gasteiger partial charge in [0.2, 0.25) is 0 Å². The number of nitrogens with zero attached hydrogens (tertiary/aromatic N) is 4. The normalized spacial score (nSPS) is 26.0. The van der Waals surface area contributed by atoms with Gasteiger partial charge in [-0.05, 0) is 32.0 Å². The van der Waals surface area contributed by atoms with Crippen molar-refractivity contribution >= 4 is 5.82 Å². The molecule has 1 atom stereocenters. The highest BCUT2D eigenvalue weighted by Crippen LogP contribution is 2.24. The van der Waals surface area contributed by atoms with E-state index < -0.39 is 0 Å².